The first-order valence-corrected chi connectivity index (χ1v) is 9.76. The van der Waals surface area contributed by atoms with Crippen LogP contribution in [0.3, 0.4) is 0 Å². The van der Waals surface area contributed by atoms with Gasteiger partial charge in [0, 0.05) is 12.1 Å². The fraction of sp³-hybridized carbons (Fsp3) is 0.263. The molecule has 0 aliphatic carbocycles. The van der Waals surface area contributed by atoms with E-state index in [2.05, 4.69) is 4.72 Å². The minimum absolute atomic E-state index is 0.0319. The molecular weight excluding hydrogens is 368 g/mol. The fourth-order valence-corrected chi connectivity index (χ4v) is 3.55. The van der Waals surface area contributed by atoms with Gasteiger partial charge in [0.15, 0.2) is 11.5 Å². The molecule has 0 fully saturated rings. The standard InChI is InChI=1S/C19H20N2O5S/c1-4-25-18-10-14(12-20)8-9-17(18)26-19(22)15-6-5-7-16(11-15)27(23,24)21-13(2)3/h5-11,13,21H,4H2,1-3H3. The van der Waals surface area contributed by atoms with Gasteiger partial charge in [-0.1, -0.05) is 6.07 Å². The van der Waals surface area contributed by atoms with Crippen LogP contribution in [-0.4, -0.2) is 27.0 Å². The lowest BCUT2D eigenvalue weighted by Crippen LogP contribution is -2.30. The molecule has 0 heterocycles. The van der Waals surface area contributed by atoms with Crippen molar-refractivity contribution in [1.29, 1.82) is 5.26 Å². The number of carbonyl (C=O) groups is 1. The number of nitrogens with one attached hydrogen (secondary N) is 1. The summed E-state index contributed by atoms with van der Waals surface area (Å²) >= 11 is 0. The van der Waals surface area contributed by atoms with E-state index in [1.165, 1.54) is 42.5 Å². The lowest BCUT2D eigenvalue weighted by Gasteiger charge is -2.12. The number of nitrogens with zero attached hydrogens (tertiary/aromatic N) is 1. The summed E-state index contributed by atoms with van der Waals surface area (Å²) in [6.07, 6.45) is 0. The third-order valence-corrected chi connectivity index (χ3v) is 5.00. The van der Waals surface area contributed by atoms with Crippen molar-refractivity contribution >= 4 is 16.0 Å². The largest absolute Gasteiger partial charge is 0.490 e. The predicted octanol–water partition coefficient (Wildman–Crippen LogP) is 2.86. The van der Waals surface area contributed by atoms with Gasteiger partial charge in [0.1, 0.15) is 0 Å². The van der Waals surface area contributed by atoms with E-state index in [1.807, 2.05) is 6.07 Å². The van der Waals surface area contributed by atoms with Gasteiger partial charge in [-0.3, -0.25) is 0 Å². The van der Waals surface area contributed by atoms with Gasteiger partial charge in [0.25, 0.3) is 0 Å². The Morgan fingerprint density at radius 3 is 2.56 bits per heavy atom. The maximum absolute atomic E-state index is 12.5. The van der Waals surface area contributed by atoms with E-state index in [4.69, 9.17) is 14.7 Å². The molecule has 0 spiro atoms. The highest BCUT2D eigenvalue weighted by Gasteiger charge is 2.19. The van der Waals surface area contributed by atoms with E-state index in [1.54, 1.807) is 20.8 Å². The average Bonchev–Trinajstić information content (AvgIpc) is 2.62. The Balaban J connectivity index is 2.30. The molecule has 0 bridgehead atoms. The molecule has 2 aromatic rings. The molecule has 0 aliphatic heterocycles. The number of sulfonamides is 1. The highest BCUT2D eigenvalue weighted by Crippen LogP contribution is 2.29. The molecular formula is C19H20N2O5S. The van der Waals surface area contributed by atoms with E-state index < -0.39 is 16.0 Å². The zero-order valence-electron chi connectivity index (χ0n) is 15.2. The third-order valence-electron chi connectivity index (χ3n) is 3.35. The minimum atomic E-state index is -3.73. The van der Waals surface area contributed by atoms with Crippen molar-refractivity contribution in [2.75, 3.05) is 6.61 Å². The summed E-state index contributed by atoms with van der Waals surface area (Å²) in [4.78, 5) is 12.4. The molecule has 0 saturated heterocycles. The summed E-state index contributed by atoms with van der Waals surface area (Å²) in [6, 6.07) is 11.7. The summed E-state index contributed by atoms with van der Waals surface area (Å²) in [6.45, 7) is 5.50. The van der Waals surface area contributed by atoms with Crippen LogP contribution in [0.4, 0.5) is 0 Å². The number of nitriles is 1. The molecule has 8 heteroatoms. The zero-order valence-corrected chi connectivity index (χ0v) is 16.0. The molecule has 0 amide bonds. The summed E-state index contributed by atoms with van der Waals surface area (Å²) in [7, 11) is -3.73. The molecule has 0 aliphatic rings. The minimum Gasteiger partial charge on any atom is -0.490 e. The topological polar surface area (TPSA) is 105 Å². The van der Waals surface area contributed by atoms with Crippen LogP contribution in [0.1, 0.15) is 36.7 Å². The first-order chi connectivity index (χ1) is 12.8. The number of rotatable bonds is 7. The maximum Gasteiger partial charge on any atom is 0.343 e. The Kier molecular flexibility index (Phi) is 6.55. The van der Waals surface area contributed by atoms with Crippen molar-refractivity contribution in [3.8, 4) is 17.6 Å². The van der Waals surface area contributed by atoms with Crippen molar-refractivity contribution in [2.24, 2.45) is 0 Å². The molecule has 1 N–H and O–H groups in total. The van der Waals surface area contributed by atoms with Crippen LogP contribution in [0.25, 0.3) is 0 Å². The number of ether oxygens (including phenoxy) is 2. The second-order valence-electron chi connectivity index (χ2n) is 5.90. The molecule has 0 radical (unpaired) electrons. The van der Waals surface area contributed by atoms with Gasteiger partial charge in [0.2, 0.25) is 10.0 Å². The van der Waals surface area contributed by atoms with E-state index in [-0.39, 0.29) is 28.0 Å². The Hall–Kier alpha value is -2.89. The predicted molar refractivity (Wildman–Crippen MR) is 99.2 cm³/mol. The summed E-state index contributed by atoms with van der Waals surface area (Å²) in [5, 5.41) is 8.97. The molecule has 142 valence electrons. The molecule has 2 aromatic carbocycles. The van der Waals surface area contributed by atoms with Crippen molar-refractivity contribution in [1.82, 2.24) is 4.72 Å². The van der Waals surface area contributed by atoms with E-state index in [0.717, 1.165) is 0 Å². The lowest BCUT2D eigenvalue weighted by atomic mass is 10.2. The van der Waals surface area contributed by atoms with Crippen LogP contribution in [-0.2, 0) is 10.0 Å². The average molecular weight is 388 g/mol. The lowest BCUT2D eigenvalue weighted by molar-refractivity contribution is 0.0728. The second-order valence-corrected chi connectivity index (χ2v) is 7.61. The number of benzene rings is 2. The Morgan fingerprint density at radius 2 is 1.93 bits per heavy atom. The highest BCUT2D eigenvalue weighted by atomic mass is 32.2. The Bertz CT molecular complexity index is 978. The fourth-order valence-electron chi connectivity index (χ4n) is 2.26. The number of esters is 1. The Morgan fingerprint density at radius 1 is 1.19 bits per heavy atom. The van der Waals surface area contributed by atoms with E-state index in [9.17, 15) is 13.2 Å². The summed E-state index contributed by atoms with van der Waals surface area (Å²) < 4.78 is 37.8. The van der Waals surface area contributed by atoms with Gasteiger partial charge in [-0.25, -0.2) is 17.9 Å². The van der Waals surface area contributed by atoms with Gasteiger partial charge in [-0.05, 0) is 51.1 Å². The summed E-state index contributed by atoms with van der Waals surface area (Å²) in [5.41, 5.74) is 0.444. The van der Waals surface area contributed by atoms with Crippen LogP contribution >= 0.6 is 0 Å². The first kappa shape index (κ1) is 20.4. The Labute approximate surface area is 158 Å². The monoisotopic (exact) mass is 388 g/mol. The quantitative estimate of drug-likeness (QED) is 0.577. The molecule has 2 rings (SSSR count). The smallest absolute Gasteiger partial charge is 0.343 e. The van der Waals surface area contributed by atoms with Crippen molar-refractivity contribution in [2.45, 2.75) is 31.7 Å². The van der Waals surface area contributed by atoms with Crippen molar-refractivity contribution < 1.29 is 22.7 Å². The molecule has 27 heavy (non-hydrogen) atoms. The van der Waals surface area contributed by atoms with E-state index in [0.29, 0.717) is 12.2 Å². The van der Waals surface area contributed by atoms with Gasteiger partial charge in [-0.15, -0.1) is 0 Å². The van der Waals surface area contributed by atoms with Gasteiger partial charge >= 0.3 is 5.97 Å². The number of hydrogen-bond donors (Lipinski definition) is 1. The van der Waals surface area contributed by atoms with Crippen LogP contribution in [0.5, 0.6) is 11.5 Å². The zero-order chi connectivity index (χ0) is 20.0. The van der Waals surface area contributed by atoms with E-state index >= 15 is 0 Å². The normalized spacial score (nSPS) is 11.1. The van der Waals surface area contributed by atoms with Crippen molar-refractivity contribution in [3.05, 3.63) is 53.6 Å². The van der Waals surface area contributed by atoms with Crippen LogP contribution < -0.4 is 14.2 Å². The molecule has 0 aromatic heterocycles. The number of carbonyl (C=O) groups excluding carboxylic acids is 1. The second kappa shape index (κ2) is 8.66. The van der Waals surface area contributed by atoms with Crippen LogP contribution in [0.2, 0.25) is 0 Å². The van der Waals surface area contributed by atoms with Crippen LogP contribution in [0, 0.1) is 11.3 Å². The van der Waals surface area contributed by atoms with Crippen LogP contribution in [0.15, 0.2) is 47.4 Å². The molecule has 0 saturated carbocycles. The maximum atomic E-state index is 12.5. The first-order valence-electron chi connectivity index (χ1n) is 8.28. The molecule has 7 nitrogen and oxygen atoms in total. The van der Waals surface area contributed by atoms with Gasteiger partial charge < -0.3 is 9.47 Å². The van der Waals surface area contributed by atoms with Gasteiger partial charge in [-0.2, -0.15) is 5.26 Å². The molecule has 0 unspecified atom stereocenters. The van der Waals surface area contributed by atoms with Gasteiger partial charge in [0.05, 0.1) is 28.7 Å². The highest BCUT2D eigenvalue weighted by molar-refractivity contribution is 7.89. The number of hydrogen-bond acceptors (Lipinski definition) is 6. The summed E-state index contributed by atoms with van der Waals surface area (Å²) in [5.74, 6) is -0.327. The third kappa shape index (κ3) is 5.29. The molecule has 0 atom stereocenters. The SMILES string of the molecule is CCOc1cc(C#N)ccc1OC(=O)c1cccc(S(=O)(=O)NC(C)C)c1. The van der Waals surface area contributed by atoms with Crippen molar-refractivity contribution in [3.63, 3.8) is 0 Å².